The molecule has 0 radical (unpaired) electrons. The van der Waals surface area contributed by atoms with E-state index in [-0.39, 0.29) is 11.7 Å². The highest BCUT2D eigenvalue weighted by Crippen LogP contribution is 2.27. The molecule has 0 aromatic heterocycles. The van der Waals surface area contributed by atoms with E-state index >= 15 is 0 Å². The van der Waals surface area contributed by atoms with Gasteiger partial charge in [0, 0.05) is 18.5 Å². The number of hydrogen-bond acceptors (Lipinski definition) is 2. The van der Waals surface area contributed by atoms with Crippen LogP contribution in [0.15, 0.2) is 42.5 Å². The van der Waals surface area contributed by atoms with Crippen molar-refractivity contribution < 1.29 is 14.3 Å². The number of hydrogen-bond donors (Lipinski definition) is 2. The molecule has 2 aromatic carbocycles. The molecule has 1 amide bonds. The maximum Gasteiger partial charge on any atom is 0.224 e. The number of anilines is 1. The lowest BCUT2D eigenvalue weighted by Gasteiger charge is -2.19. The minimum atomic E-state index is -0.685. The van der Waals surface area contributed by atoms with E-state index in [4.69, 9.17) is 0 Å². The van der Waals surface area contributed by atoms with E-state index < -0.39 is 6.10 Å². The first-order valence-corrected chi connectivity index (χ1v) is 6.97. The van der Waals surface area contributed by atoms with E-state index in [1.54, 1.807) is 18.2 Å². The molecule has 0 aliphatic carbocycles. The van der Waals surface area contributed by atoms with Gasteiger partial charge in [-0.1, -0.05) is 24.3 Å². The number of aliphatic hydroxyl groups excluding tert-OH is 1. The van der Waals surface area contributed by atoms with E-state index in [9.17, 15) is 14.3 Å². The molecule has 0 spiro atoms. The second-order valence-electron chi connectivity index (χ2n) is 5.31. The van der Waals surface area contributed by atoms with Crippen LogP contribution in [-0.4, -0.2) is 11.0 Å². The van der Waals surface area contributed by atoms with Crippen LogP contribution >= 0.6 is 0 Å². The summed E-state index contributed by atoms with van der Waals surface area (Å²) in [5.41, 5.74) is 3.39. The molecule has 0 saturated heterocycles. The average molecular weight is 285 g/mol. The van der Waals surface area contributed by atoms with Crippen molar-refractivity contribution in [2.75, 3.05) is 5.32 Å². The number of amides is 1. The fourth-order valence-electron chi connectivity index (χ4n) is 2.62. The topological polar surface area (TPSA) is 49.3 Å². The first-order chi connectivity index (χ1) is 10.1. The van der Waals surface area contributed by atoms with Gasteiger partial charge in [0.25, 0.3) is 0 Å². The molecule has 2 aromatic rings. The Balaban J connectivity index is 1.79. The molecule has 1 heterocycles. The lowest BCUT2D eigenvalue weighted by Crippen LogP contribution is -2.19. The van der Waals surface area contributed by atoms with Crippen molar-refractivity contribution in [3.05, 3.63) is 65.0 Å². The maximum absolute atomic E-state index is 13.2. The number of nitrogens with one attached hydrogen (secondary N) is 1. The molecule has 1 atom stereocenters. The highest BCUT2D eigenvalue weighted by molar-refractivity contribution is 5.93. The molecular formula is C17H16FNO2. The number of fused-ring (bicyclic) bond motifs is 1. The number of aryl methyl sites for hydroxylation is 1. The fraction of sp³-hybridized carbons (Fsp3) is 0.235. The van der Waals surface area contributed by atoms with Crippen molar-refractivity contribution in [1.29, 1.82) is 0 Å². The summed E-state index contributed by atoms with van der Waals surface area (Å²) in [4.78, 5) is 11.3. The SMILES string of the molecule is O=C1CCc2cc(C(O)Cc3cccc(F)c3)ccc2N1. The van der Waals surface area contributed by atoms with Crippen LogP contribution in [0, 0.1) is 5.82 Å². The van der Waals surface area contributed by atoms with Crippen molar-refractivity contribution >= 4 is 11.6 Å². The number of rotatable bonds is 3. The third-order valence-corrected chi connectivity index (χ3v) is 3.73. The van der Waals surface area contributed by atoms with Gasteiger partial charge < -0.3 is 10.4 Å². The van der Waals surface area contributed by atoms with Gasteiger partial charge in [0.05, 0.1) is 6.10 Å². The highest BCUT2D eigenvalue weighted by atomic mass is 19.1. The molecule has 3 nitrogen and oxygen atoms in total. The summed E-state index contributed by atoms with van der Waals surface area (Å²) >= 11 is 0. The first-order valence-electron chi connectivity index (χ1n) is 6.97. The Kier molecular flexibility index (Phi) is 3.71. The van der Waals surface area contributed by atoms with Crippen LogP contribution in [0.3, 0.4) is 0 Å². The fourth-order valence-corrected chi connectivity index (χ4v) is 2.62. The van der Waals surface area contributed by atoms with Gasteiger partial charge in [-0.15, -0.1) is 0 Å². The lowest BCUT2D eigenvalue weighted by atomic mass is 9.95. The van der Waals surface area contributed by atoms with E-state index in [1.165, 1.54) is 12.1 Å². The Morgan fingerprint density at radius 2 is 2.05 bits per heavy atom. The van der Waals surface area contributed by atoms with Gasteiger partial charge in [-0.2, -0.15) is 0 Å². The standard InChI is InChI=1S/C17H16FNO2/c18-14-3-1-2-11(8-14)9-16(20)13-4-6-15-12(10-13)5-7-17(21)19-15/h1-4,6,8,10,16,20H,5,7,9H2,(H,19,21). The van der Waals surface area contributed by atoms with E-state index in [2.05, 4.69) is 5.32 Å². The van der Waals surface area contributed by atoms with Gasteiger partial charge >= 0.3 is 0 Å². The Morgan fingerprint density at radius 3 is 2.86 bits per heavy atom. The molecule has 1 unspecified atom stereocenters. The zero-order valence-electron chi connectivity index (χ0n) is 11.5. The van der Waals surface area contributed by atoms with Crippen molar-refractivity contribution in [3.8, 4) is 0 Å². The Hall–Kier alpha value is -2.20. The second kappa shape index (κ2) is 5.66. The molecule has 3 rings (SSSR count). The predicted molar refractivity (Wildman–Crippen MR) is 78.5 cm³/mol. The van der Waals surface area contributed by atoms with Crippen LogP contribution in [0.5, 0.6) is 0 Å². The van der Waals surface area contributed by atoms with Crippen molar-refractivity contribution in [1.82, 2.24) is 0 Å². The smallest absolute Gasteiger partial charge is 0.224 e. The number of benzene rings is 2. The third kappa shape index (κ3) is 3.11. The number of halogens is 1. The molecule has 108 valence electrons. The van der Waals surface area contributed by atoms with Crippen LogP contribution in [0.25, 0.3) is 0 Å². The first kappa shape index (κ1) is 13.8. The maximum atomic E-state index is 13.2. The van der Waals surface area contributed by atoms with Crippen LogP contribution in [-0.2, 0) is 17.6 Å². The monoisotopic (exact) mass is 285 g/mol. The summed E-state index contributed by atoms with van der Waals surface area (Å²) in [5, 5.41) is 13.1. The predicted octanol–water partition coefficient (Wildman–Crippen LogP) is 2.99. The zero-order valence-corrected chi connectivity index (χ0v) is 11.5. The normalized spacial score (nSPS) is 15.2. The summed E-state index contributed by atoms with van der Waals surface area (Å²) in [6, 6.07) is 11.8. The Morgan fingerprint density at radius 1 is 1.19 bits per heavy atom. The number of carbonyl (C=O) groups is 1. The molecule has 1 aliphatic rings. The molecule has 0 bridgehead atoms. The highest BCUT2D eigenvalue weighted by Gasteiger charge is 2.17. The van der Waals surface area contributed by atoms with Crippen LogP contribution in [0.4, 0.5) is 10.1 Å². The minimum Gasteiger partial charge on any atom is -0.388 e. The van der Waals surface area contributed by atoms with Gasteiger partial charge in [-0.3, -0.25) is 4.79 Å². The van der Waals surface area contributed by atoms with Gasteiger partial charge in [0.2, 0.25) is 5.91 Å². The van der Waals surface area contributed by atoms with Gasteiger partial charge in [-0.25, -0.2) is 4.39 Å². The summed E-state index contributed by atoms with van der Waals surface area (Å²) in [5.74, 6) is -0.275. The van der Waals surface area contributed by atoms with Crippen molar-refractivity contribution in [2.45, 2.75) is 25.4 Å². The molecule has 21 heavy (non-hydrogen) atoms. The summed E-state index contributed by atoms with van der Waals surface area (Å²) in [7, 11) is 0. The number of aliphatic hydroxyl groups is 1. The van der Waals surface area contributed by atoms with E-state index in [1.807, 2.05) is 12.1 Å². The van der Waals surface area contributed by atoms with E-state index in [0.29, 0.717) is 19.3 Å². The molecule has 4 heteroatoms. The molecular weight excluding hydrogens is 269 g/mol. The van der Waals surface area contributed by atoms with Crippen LogP contribution in [0.2, 0.25) is 0 Å². The summed E-state index contributed by atoms with van der Waals surface area (Å²) in [6.45, 7) is 0. The Bertz CT molecular complexity index is 684. The molecule has 0 saturated carbocycles. The summed E-state index contributed by atoms with van der Waals surface area (Å²) < 4.78 is 13.2. The average Bonchev–Trinajstić information content (AvgIpc) is 2.46. The summed E-state index contributed by atoms with van der Waals surface area (Å²) in [6.07, 6.45) is 0.829. The van der Waals surface area contributed by atoms with Gasteiger partial charge in [-0.05, 0) is 41.3 Å². The van der Waals surface area contributed by atoms with Crippen molar-refractivity contribution in [2.24, 2.45) is 0 Å². The number of carbonyl (C=O) groups excluding carboxylic acids is 1. The minimum absolute atomic E-state index is 0.0237. The van der Waals surface area contributed by atoms with Gasteiger partial charge in [0.1, 0.15) is 5.82 Å². The largest absolute Gasteiger partial charge is 0.388 e. The van der Waals surface area contributed by atoms with Gasteiger partial charge in [0.15, 0.2) is 0 Å². The third-order valence-electron chi connectivity index (χ3n) is 3.73. The Labute approximate surface area is 122 Å². The van der Waals surface area contributed by atoms with Crippen LogP contribution < -0.4 is 5.32 Å². The van der Waals surface area contributed by atoms with Crippen LogP contribution in [0.1, 0.15) is 29.2 Å². The molecule has 0 fully saturated rings. The zero-order chi connectivity index (χ0) is 14.8. The lowest BCUT2D eigenvalue weighted by molar-refractivity contribution is -0.116. The molecule has 1 aliphatic heterocycles. The van der Waals surface area contributed by atoms with E-state index in [0.717, 1.165) is 22.4 Å². The second-order valence-corrected chi connectivity index (χ2v) is 5.31. The van der Waals surface area contributed by atoms with Crippen molar-refractivity contribution in [3.63, 3.8) is 0 Å². The quantitative estimate of drug-likeness (QED) is 0.911. The molecule has 2 N–H and O–H groups in total.